The van der Waals surface area contributed by atoms with Gasteiger partial charge < -0.3 is 15.0 Å². The maximum absolute atomic E-state index is 12.6. The zero-order valence-corrected chi connectivity index (χ0v) is 16.5. The molecule has 1 amide bonds. The molecular weight excluding hydrogens is 376 g/mol. The molecule has 2 fully saturated rings. The maximum atomic E-state index is 12.6. The average molecular weight is 399 g/mol. The number of rotatable bonds is 6. The summed E-state index contributed by atoms with van der Waals surface area (Å²) in [5, 5.41) is 3.47. The van der Waals surface area contributed by atoms with Crippen LogP contribution in [0.3, 0.4) is 0 Å². The summed E-state index contributed by atoms with van der Waals surface area (Å²) in [4.78, 5) is 27.2. The second-order valence-corrected chi connectivity index (χ2v) is 7.71. The quantitative estimate of drug-likeness (QED) is 0.772. The van der Waals surface area contributed by atoms with Crippen LogP contribution in [0.15, 0.2) is 41.2 Å². The van der Waals surface area contributed by atoms with E-state index in [2.05, 4.69) is 10.3 Å². The molecule has 146 valence electrons. The molecule has 1 saturated carbocycles. The van der Waals surface area contributed by atoms with Crippen LogP contribution in [0.2, 0.25) is 5.02 Å². The highest BCUT2D eigenvalue weighted by molar-refractivity contribution is 6.32. The van der Waals surface area contributed by atoms with Crippen LogP contribution in [0.5, 0.6) is 5.75 Å². The lowest BCUT2D eigenvalue weighted by atomic mass is 9.98. The van der Waals surface area contributed by atoms with Gasteiger partial charge in [0.25, 0.3) is 5.56 Å². The third-order valence-electron chi connectivity index (χ3n) is 5.19. The number of hydrogen-bond acceptors (Lipinski definition) is 3. The van der Waals surface area contributed by atoms with E-state index in [1.165, 1.54) is 0 Å². The molecule has 4 rings (SSSR count). The number of aromatic nitrogens is 1. The first-order chi connectivity index (χ1) is 13.5. The first-order valence-corrected chi connectivity index (χ1v) is 10.1. The maximum Gasteiger partial charge on any atom is 0.251 e. The van der Waals surface area contributed by atoms with Crippen LogP contribution in [-0.2, 0) is 4.79 Å². The summed E-state index contributed by atoms with van der Waals surface area (Å²) in [5.74, 6) is 1.06. The van der Waals surface area contributed by atoms with E-state index in [9.17, 15) is 9.59 Å². The van der Waals surface area contributed by atoms with Crippen LogP contribution >= 0.6 is 11.6 Å². The monoisotopic (exact) mass is 398 g/mol. The van der Waals surface area contributed by atoms with E-state index in [1.807, 2.05) is 43.3 Å². The average Bonchev–Trinajstić information content (AvgIpc) is 3.43. The van der Waals surface area contributed by atoms with E-state index >= 15 is 0 Å². The van der Waals surface area contributed by atoms with Crippen molar-refractivity contribution in [2.45, 2.75) is 44.6 Å². The fourth-order valence-electron chi connectivity index (χ4n) is 3.60. The van der Waals surface area contributed by atoms with Crippen LogP contribution in [-0.4, -0.2) is 23.5 Å². The summed E-state index contributed by atoms with van der Waals surface area (Å²) < 4.78 is 5.53. The van der Waals surface area contributed by atoms with Gasteiger partial charge in [-0.2, -0.15) is 0 Å². The molecule has 0 radical (unpaired) electrons. The van der Waals surface area contributed by atoms with Crippen molar-refractivity contribution in [3.8, 4) is 5.75 Å². The summed E-state index contributed by atoms with van der Waals surface area (Å²) >= 11 is 6.39. The Morgan fingerprint density at radius 1 is 1.21 bits per heavy atom. The van der Waals surface area contributed by atoms with Crippen molar-refractivity contribution in [2.75, 3.05) is 6.61 Å². The van der Waals surface area contributed by atoms with Crippen molar-refractivity contribution >= 4 is 23.1 Å². The van der Waals surface area contributed by atoms with Gasteiger partial charge in [0.1, 0.15) is 5.75 Å². The van der Waals surface area contributed by atoms with Gasteiger partial charge in [-0.15, -0.1) is 0 Å². The van der Waals surface area contributed by atoms with Gasteiger partial charge in [0, 0.05) is 29.3 Å². The molecule has 1 aromatic carbocycles. The van der Waals surface area contributed by atoms with E-state index in [4.69, 9.17) is 16.3 Å². The molecule has 0 bridgehead atoms. The number of ether oxygens (including phenoxy) is 1. The minimum Gasteiger partial charge on any atom is -0.492 e. The number of hydrogen-bond donors (Lipinski definition) is 2. The first-order valence-electron chi connectivity index (χ1n) is 9.72. The Labute approximate surface area is 168 Å². The molecule has 0 unspecified atom stereocenters. The van der Waals surface area contributed by atoms with Gasteiger partial charge in [0.2, 0.25) is 5.91 Å². The number of aromatic amines is 1. The second-order valence-electron chi connectivity index (χ2n) is 7.30. The summed E-state index contributed by atoms with van der Waals surface area (Å²) in [6, 6.07) is 9.39. The number of carbonyl (C=O) groups excluding carboxylic acids is 1. The SMILES string of the molecule is CCOc1ccc(C(=C[C@H]2CCC(=O)N2)c2ccc(C3CC3)c(=O)[nH]2)cc1Cl. The van der Waals surface area contributed by atoms with Crippen molar-refractivity contribution < 1.29 is 9.53 Å². The molecule has 28 heavy (non-hydrogen) atoms. The smallest absolute Gasteiger partial charge is 0.251 e. The zero-order chi connectivity index (χ0) is 19.7. The number of carbonyl (C=O) groups is 1. The summed E-state index contributed by atoms with van der Waals surface area (Å²) in [6.07, 6.45) is 5.40. The third kappa shape index (κ3) is 3.99. The van der Waals surface area contributed by atoms with Crippen molar-refractivity contribution in [3.63, 3.8) is 0 Å². The number of halogens is 1. The second kappa shape index (κ2) is 7.84. The van der Waals surface area contributed by atoms with Crippen molar-refractivity contribution in [1.29, 1.82) is 0 Å². The van der Waals surface area contributed by atoms with E-state index in [0.717, 1.165) is 41.7 Å². The molecule has 1 aliphatic carbocycles. The summed E-state index contributed by atoms with van der Waals surface area (Å²) in [5.41, 5.74) is 3.23. The van der Waals surface area contributed by atoms with Gasteiger partial charge in [0.15, 0.2) is 0 Å². The van der Waals surface area contributed by atoms with E-state index in [-0.39, 0.29) is 17.5 Å². The van der Waals surface area contributed by atoms with Gasteiger partial charge >= 0.3 is 0 Å². The normalized spacial score (nSPS) is 19.6. The lowest BCUT2D eigenvalue weighted by Gasteiger charge is -2.14. The van der Waals surface area contributed by atoms with Crippen LogP contribution < -0.4 is 15.6 Å². The van der Waals surface area contributed by atoms with Crippen LogP contribution in [0, 0.1) is 0 Å². The Balaban J connectivity index is 1.75. The van der Waals surface area contributed by atoms with Gasteiger partial charge in [-0.05, 0) is 55.9 Å². The van der Waals surface area contributed by atoms with Crippen molar-refractivity contribution in [1.82, 2.24) is 10.3 Å². The largest absolute Gasteiger partial charge is 0.492 e. The predicted octanol–water partition coefficient (Wildman–Crippen LogP) is 4.01. The van der Waals surface area contributed by atoms with Gasteiger partial charge in [-0.3, -0.25) is 9.59 Å². The molecular formula is C22H23ClN2O3. The number of pyridine rings is 1. The fraction of sp³-hybridized carbons (Fsp3) is 0.364. The minimum absolute atomic E-state index is 0.0432. The van der Waals surface area contributed by atoms with Gasteiger partial charge in [0.05, 0.1) is 11.6 Å². The topological polar surface area (TPSA) is 71.2 Å². The van der Waals surface area contributed by atoms with E-state index in [0.29, 0.717) is 29.7 Å². The Morgan fingerprint density at radius 3 is 2.64 bits per heavy atom. The molecule has 1 saturated heterocycles. The molecule has 1 aromatic heterocycles. The molecule has 2 heterocycles. The van der Waals surface area contributed by atoms with Crippen LogP contribution in [0.25, 0.3) is 5.57 Å². The minimum atomic E-state index is -0.0699. The first kappa shape index (κ1) is 18.8. The Kier molecular flexibility index (Phi) is 5.27. The lowest BCUT2D eigenvalue weighted by molar-refractivity contribution is -0.119. The number of benzene rings is 1. The molecule has 2 aromatic rings. The standard InChI is InChI=1S/C22H23ClN2O3/c1-2-28-20-9-5-14(11-18(20)23)17(12-15-6-10-21(26)24-15)19-8-7-16(13-3-4-13)22(27)25-19/h5,7-9,11-13,15H,2-4,6,10H2,1H3,(H,24,26)(H,25,27)/t15-/m1/s1. The predicted molar refractivity (Wildman–Crippen MR) is 110 cm³/mol. The Hall–Kier alpha value is -2.53. The van der Waals surface area contributed by atoms with Crippen LogP contribution in [0.1, 0.15) is 55.3 Å². The highest BCUT2D eigenvalue weighted by Gasteiger charge is 2.26. The fourth-order valence-corrected chi connectivity index (χ4v) is 3.84. The van der Waals surface area contributed by atoms with E-state index in [1.54, 1.807) is 0 Å². The van der Waals surface area contributed by atoms with Gasteiger partial charge in [-0.1, -0.05) is 29.8 Å². The summed E-state index contributed by atoms with van der Waals surface area (Å²) in [6.45, 7) is 2.44. The molecule has 6 heteroatoms. The molecule has 1 aliphatic heterocycles. The molecule has 2 aliphatic rings. The highest BCUT2D eigenvalue weighted by Crippen LogP contribution is 2.38. The molecule has 2 N–H and O–H groups in total. The van der Waals surface area contributed by atoms with Crippen LogP contribution in [0.4, 0.5) is 0 Å². The number of H-pyrrole nitrogens is 1. The van der Waals surface area contributed by atoms with Crippen molar-refractivity contribution in [3.05, 3.63) is 68.6 Å². The zero-order valence-electron chi connectivity index (χ0n) is 15.8. The van der Waals surface area contributed by atoms with Gasteiger partial charge in [-0.25, -0.2) is 0 Å². The Bertz CT molecular complexity index is 992. The number of nitrogens with one attached hydrogen (secondary N) is 2. The Morgan fingerprint density at radius 2 is 2.04 bits per heavy atom. The molecule has 1 atom stereocenters. The molecule has 5 nitrogen and oxygen atoms in total. The molecule has 0 spiro atoms. The highest BCUT2D eigenvalue weighted by atomic mass is 35.5. The van der Waals surface area contributed by atoms with Crippen molar-refractivity contribution in [2.24, 2.45) is 0 Å². The third-order valence-corrected chi connectivity index (χ3v) is 5.48. The number of amides is 1. The lowest BCUT2D eigenvalue weighted by Crippen LogP contribution is -2.23. The summed E-state index contributed by atoms with van der Waals surface area (Å²) in [7, 11) is 0. The van der Waals surface area contributed by atoms with E-state index < -0.39 is 0 Å².